The molecule has 2 heterocycles. The summed E-state index contributed by atoms with van der Waals surface area (Å²) in [6.45, 7) is 2.18. The van der Waals surface area contributed by atoms with Crippen LogP contribution < -0.4 is 5.32 Å². The zero-order valence-electron chi connectivity index (χ0n) is 10.9. The van der Waals surface area contributed by atoms with Gasteiger partial charge in [-0.05, 0) is 12.0 Å². The summed E-state index contributed by atoms with van der Waals surface area (Å²) in [5.41, 5.74) is 0.840. The third kappa shape index (κ3) is 2.18. The zero-order chi connectivity index (χ0) is 13.5. The Morgan fingerprint density at radius 2 is 2.00 bits per heavy atom. The Morgan fingerprint density at radius 1 is 1.26 bits per heavy atom. The van der Waals surface area contributed by atoms with Crippen LogP contribution in [0.4, 0.5) is 0 Å². The van der Waals surface area contributed by atoms with Gasteiger partial charge in [0.25, 0.3) is 0 Å². The fourth-order valence-electron chi connectivity index (χ4n) is 3.43. The molecule has 2 amide bonds. The van der Waals surface area contributed by atoms with Gasteiger partial charge >= 0.3 is 0 Å². The Labute approximate surface area is 117 Å². The van der Waals surface area contributed by atoms with Gasteiger partial charge in [-0.25, -0.2) is 0 Å². The zero-order valence-corrected chi connectivity index (χ0v) is 11.7. The molecule has 19 heavy (non-hydrogen) atoms. The monoisotopic (exact) mass is 275 g/mol. The largest absolute Gasteiger partial charge is 0.296 e. The van der Waals surface area contributed by atoms with Gasteiger partial charge < -0.3 is 0 Å². The molecule has 2 aliphatic rings. The number of amides is 2. The second kappa shape index (κ2) is 4.67. The van der Waals surface area contributed by atoms with Crippen LogP contribution in [0.2, 0.25) is 0 Å². The molecule has 3 atom stereocenters. The molecular weight excluding hydrogens is 258 g/mol. The lowest BCUT2D eigenvalue weighted by Gasteiger charge is -2.39. The third-order valence-electron chi connectivity index (χ3n) is 4.13. The first kappa shape index (κ1) is 12.7. The topological polar surface area (TPSA) is 46.2 Å². The molecule has 2 saturated heterocycles. The Hall–Kier alpha value is -1.29. The highest BCUT2D eigenvalue weighted by molar-refractivity contribution is 8.00. The van der Waals surface area contributed by atoms with E-state index in [2.05, 4.69) is 12.2 Å². The van der Waals surface area contributed by atoms with Gasteiger partial charge in [-0.15, -0.1) is 0 Å². The molecule has 1 aromatic carbocycles. The normalized spacial score (nSPS) is 34.6. The molecule has 1 spiro atoms. The molecule has 3 rings (SSSR count). The Kier molecular flexibility index (Phi) is 3.13. The van der Waals surface area contributed by atoms with Crippen molar-refractivity contribution in [1.29, 1.82) is 0 Å². The van der Waals surface area contributed by atoms with Gasteiger partial charge in [0.15, 0.2) is 0 Å². The SMILES string of the molecule is CC1CC2(CS1)CC(=O)NC(=O)C2c1ccccc1. The first-order valence-corrected chi connectivity index (χ1v) is 7.66. The first-order valence-electron chi connectivity index (χ1n) is 6.61. The number of nitrogens with one attached hydrogen (secondary N) is 1. The first-order chi connectivity index (χ1) is 9.11. The van der Waals surface area contributed by atoms with Crippen LogP contribution in [0.3, 0.4) is 0 Å². The molecule has 0 bridgehead atoms. The van der Waals surface area contributed by atoms with Crippen molar-refractivity contribution in [3.63, 3.8) is 0 Å². The van der Waals surface area contributed by atoms with Crippen LogP contribution in [0.15, 0.2) is 30.3 Å². The van der Waals surface area contributed by atoms with Gasteiger partial charge in [0.2, 0.25) is 11.8 Å². The van der Waals surface area contributed by atoms with E-state index in [0.29, 0.717) is 11.7 Å². The van der Waals surface area contributed by atoms with Crippen LogP contribution in [0.5, 0.6) is 0 Å². The van der Waals surface area contributed by atoms with E-state index in [0.717, 1.165) is 17.7 Å². The summed E-state index contributed by atoms with van der Waals surface area (Å²) in [6, 6.07) is 9.86. The van der Waals surface area contributed by atoms with Gasteiger partial charge in [-0.3, -0.25) is 14.9 Å². The molecule has 0 saturated carbocycles. The Balaban J connectivity index is 2.03. The molecule has 1 aromatic rings. The lowest BCUT2D eigenvalue weighted by molar-refractivity contribution is -0.139. The molecule has 1 N–H and O–H groups in total. The predicted molar refractivity (Wildman–Crippen MR) is 75.9 cm³/mol. The summed E-state index contributed by atoms with van der Waals surface area (Å²) in [5.74, 6) is 0.459. The van der Waals surface area contributed by atoms with E-state index < -0.39 is 0 Å². The molecule has 3 unspecified atom stereocenters. The quantitative estimate of drug-likeness (QED) is 0.800. The highest BCUT2D eigenvalue weighted by atomic mass is 32.2. The van der Waals surface area contributed by atoms with Gasteiger partial charge in [0, 0.05) is 22.8 Å². The second-order valence-corrected chi connectivity index (χ2v) is 7.05. The number of piperidine rings is 1. The molecule has 0 radical (unpaired) electrons. The van der Waals surface area contributed by atoms with Crippen molar-refractivity contribution in [3.05, 3.63) is 35.9 Å². The number of hydrogen-bond donors (Lipinski definition) is 1. The standard InChI is InChI=1S/C15H17NO2S/c1-10-7-15(9-19-10)8-12(17)16-14(18)13(15)11-5-3-2-4-6-11/h2-6,10,13H,7-9H2,1H3,(H,16,17,18). The highest BCUT2D eigenvalue weighted by Crippen LogP contribution is 2.53. The summed E-state index contributed by atoms with van der Waals surface area (Å²) in [6.07, 6.45) is 1.41. The number of hydrogen-bond acceptors (Lipinski definition) is 3. The smallest absolute Gasteiger partial charge is 0.234 e. The van der Waals surface area contributed by atoms with Crippen LogP contribution >= 0.6 is 11.8 Å². The van der Waals surface area contributed by atoms with Gasteiger partial charge in [-0.1, -0.05) is 37.3 Å². The van der Waals surface area contributed by atoms with E-state index in [-0.39, 0.29) is 23.1 Å². The van der Waals surface area contributed by atoms with Crippen molar-refractivity contribution in [1.82, 2.24) is 5.32 Å². The summed E-state index contributed by atoms with van der Waals surface area (Å²) < 4.78 is 0. The molecule has 100 valence electrons. The van der Waals surface area contributed by atoms with Gasteiger partial charge in [0.1, 0.15) is 0 Å². The number of rotatable bonds is 1. The van der Waals surface area contributed by atoms with Crippen molar-refractivity contribution in [2.45, 2.75) is 30.9 Å². The Bertz CT molecular complexity index is 516. The molecule has 2 aliphatic heterocycles. The molecule has 4 heteroatoms. The van der Waals surface area contributed by atoms with E-state index in [4.69, 9.17) is 0 Å². The maximum Gasteiger partial charge on any atom is 0.234 e. The third-order valence-corrected chi connectivity index (χ3v) is 5.61. The molecule has 0 aliphatic carbocycles. The molecule has 3 nitrogen and oxygen atoms in total. The van der Waals surface area contributed by atoms with Crippen molar-refractivity contribution in [3.8, 4) is 0 Å². The van der Waals surface area contributed by atoms with E-state index in [1.54, 1.807) is 0 Å². The van der Waals surface area contributed by atoms with E-state index >= 15 is 0 Å². The van der Waals surface area contributed by atoms with Gasteiger partial charge in [0.05, 0.1) is 5.92 Å². The van der Waals surface area contributed by atoms with E-state index in [9.17, 15) is 9.59 Å². The number of imide groups is 1. The summed E-state index contributed by atoms with van der Waals surface area (Å²) in [5, 5.41) is 3.03. The number of thioether (sulfide) groups is 1. The number of benzene rings is 1. The van der Waals surface area contributed by atoms with Gasteiger partial charge in [-0.2, -0.15) is 11.8 Å². The fourth-order valence-corrected chi connectivity index (χ4v) is 4.88. The van der Waals surface area contributed by atoms with Crippen molar-refractivity contribution >= 4 is 23.6 Å². The Morgan fingerprint density at radius 3 is 2.63 bits per heavy atom. The van der Waals surface area contributed by atoms with Crippen LogP contribution in [0.25, 0.3) is 0 Å². The average molecular weight is 275 g/mol. The lowest BCUT2D eigenvalue weighted by Crippen LogP contribution is -2.51. The van der Waals surface area contributed by atoms with Crippen molar-refractivity contribution < 1.29 is 9.59 Å². The summed E-state index contributed by atoms with van der Waals surface area (Å²) in [7, 11) is 0. The minimum Gasteiger partial charge on any atom is -0.296 e. The molecular formula is C15H17NO2S. The fraction of sp³-hybridized carbons (Fsp3) is 0.467. The minimum absolute atomic E-state index is 0.119. The van der Waals surface area contributed by atoms with Crippen LogP contribution in [-0.4, -0.2) is 22.8 Å². The second-order valence-electron chi connectivity index (χ2n) is 5.62. The van der Waals surface area contributed by atoms with E-state index in [1.165, 1.54) is 0 Å². The number of carbonyl (C=O) groups excluding carboxylic acids is 2. The minimum atomic E-state index is -0.191. The summed E-state index contributed by atoms with van der Waals surface area (Å²) >= 11 is 1.87. The van der Waals surface area contributed by atoms with Crippen LogP contribution in [-0.2, 0) is 9.59 Å². The summed E-state index contributed by atoms with van der Waals surface area (Å²) in [4.78, 5) is 24.1. The van der Waals surface area contributed by atoms with E-state index in [1.807, 2.05) is 42.1 Å². The predicted octanol–water partition coefficient (Wildman–Crippen LogP) is 2.33. The maximum absolute atomic E-state index is 12.3. The van der Waals surface area contributed by atoms with Crippen LogP contribution in [0.1, 0.15) is 31.2 Å². The lowest BCUT2D eigenvalue weighted by atomic mass is 9.66. The van der Waals surface area contributed by atoms with Crippen molar-refractivity contribution in [2.75, 3.05) is 5.75 Å². The maximum atomic E-state index is 12.3. The highest BCUT2D eigenvalue weighted by Gasteiger charge is 2.52. The average Bonchev–Trinajstić information content (AvgIpc) is 2.71. The molecule has 0 aromatic heterocycles. The molecule has 2 fully saturated rings. The van der Waals surface area contributed by atoms with Crippen LogP contribution in [0, 0.1) is 5.41 Å². The number of carbonyl (C=O) groups is 2. The van der Waals surface area contributed by atoms with Crippen molar-refractivity contribution in [2.24, 2.45) is 5.41 Å².